The van der Waals surface area contributed by atoms with Gasteiger partial charge < -0.3 is 4.98 Å². The molecule has 1 heterocycles. The van der Waals surface area contributed by atoms with Gasteiger partial charge in [0.2, 0.25) is 0 Å². The minimum Gasteiger partial charge on any atom is -0.309 e. The van der Waals surface area contributed by atoms with Crippen LogP contribution in [0.3, 0.4) is 0 Å². The molecule has 0 aliphatic carbocycles. The summed E-state index contributed by atoms with van der Waals surface area (Å²) in [5.74, 6) is 0.933. The first-order valence-corrected chi connectivity index (χ1v) is 6.18. The summed E-state index contributed by atoms with van der Waals surface area (Å²) < 4.78 is 0. The quantitative estimate of drug-likeness (QED) is 0.883. The Morgan fingerprint density at radius 1 is 1.47 bits per heavy atom. The number of benzene rings is 1. The maximum absolute atomic E-state index is 11.9. The smallest absolute Gasteiger partial charge is 0.259 e. The van der Waals surface area contributed by atoms with E-state index in [4.69, 9.17) is 0 Å². The van der Waals surface area contributed by atoms with Gasteiger partial charge in [-0.2, -0.15) is 0 Å². The molecule has 5 heteroatoms. The van der Waals surface area contributed by atoms with Crippen LogP contribution in [0.2, 0.25) is 0 Å². The number of carbonyl (C=O) groups is 1. The van der Waals surface area contributed by atoms with Gasteiger partial charge in [-0.05, 0) is 18.6 Å². The predicted octanol–water partition coefficient (Wildman–Crippen LogP) is 2.01. The lowest BCUT2D eigenvalue weighted by molar-refractivity contribution is -0.109. The average Bonchev–Trinajstić information content (AvgIpc) is 2.26. The largest absolute Gasteiger partial charge is 0.309 e. The van der Waals surface area contributed by atoms with E-state index < -0.39 is 0 Å². The summed E-state index contributed by atoms with van der Waals surface area (Å²) in [4.78, 5) is 29.8. The number of carbonyl (C=O) groups excluding carboxylic acids is 1. The Balaban J connectivity index is 2.49. The number of fused-ring (bicyclic) bond motifs is 1. The van der Waals surface area contributed by atoms with Crippen molar-refractivity contribution >= 4 is 27.8 Å². The predicted molar refractivity (Wildman–Crippen MR) is 69.1 cm³/mol. The van der Waals surface area contributed by atoms with Crippen LogP contribution in [0.25, 0.3) is 10.9 Å². The molecule has 0 spiro atoms. The van der Waals surface area contributed by atoms with Gasteiger partial charge in [-0.3, -0.25) is 9.59 Å². The summed E-state index contributed by atoms with van der Waals surface area (Å²) >= 11 is 1.13. The third-order valence-electron chi connectivity index (χ3n) is 2.40. The van der Waals surface area contributed by atoms with Crippen molar-refractivity contribution in [3.05, 3.63) is 39.9 Å². The van der Waals surface area contributed by atoms with Crippen molar-refractivity contribution in [2.24, 2.45) is 0 Å². The van der Waals surface area contributed by atoms with Gasteiger partial charge in [0.15, 0.2) is 5.12 Å². The Morgan fingerprint density at radius 3 is 2.94 bits per heavy atom. The Hall–Kier alpha value is -1.62. The summed E-state index contributed by atoms with van der Waals surface area (Å²) in [6, 6.07) is 5.55. The molecule has 0 saturated heterocycles. The van der Waals surface area contributed by atoms with Crippen molar-refractivity contribution in [1.29, 1.82) is 0 Å². The average molecular weight is 248 g/mol. The van der Waals surface area contributed by atoms with Crippen molar-refractivity contribution in [2.75, 3.05) is 0 Å². The second kappa shape index (κ2) is 4.71. The number of nitrogens with zero attached hydrogens (tertiary/aromatic N) is 1. The number of aryl methyl sites for hydroxylation is 1. The molecule has 1 aromatic carbocycles. The van der Waals surface area contributed by atoms with Gasteiger partial charge in [-0.25, -0.2) is 4.98 Å². The highest BCUT2D eigenvalue weighted by Gasteiger charge is 2.06. The number of thioether (sulfide) groups is 1. The molecule has 0 unspecified atom stereocenters. The van der Waals surface area contributed by atoms with Crippen molar-refractivity contribution in [2.45, 2.75) is 19.6 Å². The van der Waals surface area contributed by atoms with E-state index in [0.717, 1.165) is 17.3 Å². The van der Waals surface area contributed by atoms with Crippen LogP contribution in [0.5, 0.6) is 0 Å². The molecular weight excluding hydrogens is 236 g/mol. The normalized spacial score (nSPS) is 10.7. The first-order valence-electron chi connectivity index (χ1n) is 5.20. The number of nitrogens with one attached hydrogen (secondary N) is 1. The SMILES string of the molecule is CC(=O)SCc1nc2cccc(C)c2c(=O)[nH]1. The maximum atomic E-state index is 11.9. The number of aromatic amines is 1. The monoisotopic (exact) mass is 248 g/mol. The molecule has 0 atom stereocenters. The van der Waals surface area contributed by atoms with Gasteiger partial charge in [-0.15, -0.1) is 0 Å². The van der Waals surface area contributed by atoms with E-state index in [1.165, 1.54) is 6.92 Å². The van der Waals surface area contributed by atoms with Gasteiger partial charge in [0, 0.05) is 6.92 Å². The molecule has 0 amide bonds. The number of hydrogen-bond donors (Lipinski definition) is 1. The number of aromatic nitrogens is 2. The summed E-state index contributed by atoms with van der Waals surface area (Å²) in [5, 5.41) is 0.626. The van der Waals surface area contributed by atoms with Crippen molar-refractivity contribution in [3.8, 4) is 0 Å². The van der Waals surface area contributed by atoms with E-state index >= 15 is 0 Å². The molecule has 0 fully saturated rings. The third-order valence-corrected chi connectivity index (χ3v) is 3.23. The summed E-state index contributed by atoms with van der Waals surface area (Å²) in [6.45, 7) is 3.37. The van der Waals surface area contributed by atoms with Crippen LogP contribution in [0.15, 0.2) is 23.0 Å². The molecule has 1 aromatic heterocycles. The summed E-state index contributed by atoms with van der Waals surface area (Å²) in [6.07, 6.45) is 0. The van der Waals surface area contributed by atoms with Crippen LogP contribution < -0.4 is 5.56 Å². The van der Waals surface area contributed by atoms with E-state index in [9.17, 15) is 9.59 Å². The van der Waals surface area contributed by atoms with E-state index in [1.54, 1.807) is 6.07 Å². The van der Waals surface area contributed by atoms with Gasteiger partial charge in [0.05, 0.1) is 16.7 Å². The van der Waals surface area contributed by atoms with E-state index in [1.807, 2.05) is 19.1 Å². The van der Waals surface area contributed by atoms with Gasteiger partial charge in [-0.1, -0.05) is 23.9 Å². The fourth-order valence-corrected chi connectivity index (χ4v) is 2.12. The van der Waals surface area contributed by atoms with Crippen molar-refractivity contribution < 1.29 is 4.79 Å². The van der Waals surface area contributed by atoms with E-state index in [0.29, 0.717) is 22.5 Å². The standard InChI is InChI=1S/C12H12N2O2S/c1-7-4-3-5-9-11(7)12(16)14-10(13-9)6-17-8(2)15/h3-5H,6H2,1-2H3,(H,13,14,16). The first-order chi connectivity index (χ1) is 8.08. The molecule has 0 aliphatic rings. The summed E-state index contributed by atoms with van der Waals surface area (Å²) in [5.41, 5.74) is 1.43. The second-order valence-corrected chi connectivity index (χ2v) is 4.91. The third kappa shape index (κ3) is 2.55. The fraction of sp³-hybridized carbons (Fsp3) is 0.250. The molecule has 4 nitrogen and oxygen atoms in total. The molecule has 1 N–H and O–H groups in total. The highest BCUT2D eigenvalue weighted by atomic mass is 32.2. The lowest BCUT2D eigenvalue weighted by Crippen LogP contribution is -2.12. The Labute approximate surface area is 102 Å². The van der Waals surface area contributed by atoms with Crippen LogP contribution in [-0.4, -0.2) is 15.1 Å². The highest BCUT2D eigenvalue weighted by Crippen LogP contribution is 2.14. The lowest BCUT2D eigenvalue weighted by Gasteiger charge is -2.03. The Bertz CT molecular complexity index is 634. The van der Waals surface area contributed by atoms with Crippen LogP contribution in [-0.2, 0) is 10.5 Å². The van der Waals surface area contributed by atoms with E-state index in [2.05, 4.69) is 9.97 Å². The zero-order valence-electron chi connectivity index (χ0n) is 9.61. The second-order valence-electron chi connectivity index (χ2n) is 3.76. The molecule has 0 aliphatic heterocycles. The highest BCUT2D eigenvalue weighted by molar-refractivity contribution is 8.12. The van der Waals surface area contributed by atoms with Crippen LogP contribution >= 0.6 is 11.8 Å². The minimum atomic E-state index is -0.146. The lowest BCUT2D eigenvalue weighted by atomic mass is 10.1. The Morgan fingerprint density at radius 2 is 2.24 bits per heavy atom. The fourth-order valence-electron chi connectivity index (χ4n) is 1.65. The zero-order valence-corrected chi connectivity index (χ0v) is 10.4. The molecule has 2 aromatic rings. The molecule has 88 valence electrons. The first kappa shape index (κ1) is 11.9. The minimum absolute atomic E-state index is 0.0111. The molecule has 0 bridgehead atoms. The van der Waals surface area contributed by atoms with Crippen LogP contribution in [0, 0.1) is 6.92 Å². The molecular formula is C12H12N2O2S. The van der Waals surface area contributed by atoms with Gasteiger partial charge >= 0.3 is 0 Å². The molecule has 2 rings (SSSR count). The number of H-pyrrole nitrogens is 1. The summed E-state index contributed by atoms with van der Waals surface area (Å²) in [7, 11) is 0. The van der Waals surface area contributed by atoms with Crippen molar-refractivity contribution in [1.82, 2.24) is 9.97 Å². The van der Waals surface area contributed by atoms with Crippen LogP contribution in [0.4, 0.5) is 0 Å². The van der Waals surface area contributed by atoms with Gasteiger partial charge in [0.1, 0.15) is 5.82 Å². The number of rotatable bonds is 2. The van der Waals surface area contributed by atoms with Crippen molar-refractivity contribution in [3.63, 3.8) is 0 Å². The van der Waals surface area contributed by atoms with E-state index in [-0.39, 0.29) is 10.7 Å². The maximum Gasteiger partial charge on any atom is 0.259 e. The molecule has 0 radical (unpaired) electrons. The molecule has 0 saturated carbocycles. The Kier molecular flexibility index (Phi) is 3.28. The number of hydrogen-bond acceptors (Lipinski definition) is 4. The topological polar surface area (TPSA) is 62.8 Å². The molecule has 17 heavy (non-hydrogen) atoms. The zero-order chi connectivity index (χ0) is 12.4. The van der Waals surface area contributed by atoms with Crippen LogP contribution in [0.1, 0.15) is 18.3 Å². The van der Waals surface area contributed by atoms with Gasteiger partial charge in [0.25, 0.3) is 5.56 Å².